The molecule has 4 rings (SSSR count). The van der Waals surface area contributed by atoms with E-state index in [9.17, 15) is 26.8 Å². The number of aryl methyl sites for hydroxylation is 2. The van der Waals surface area contributed by atoms with Gasteiger partial charge in [-0.15, -0.1) is 0 Å². The minimum Gasteiger partial charge on any atom is -0.477 e. The molecule has 16 heteroatoms. The first-order chi connectivity index (χ1) is 18.2. The summed E-state index contributed by atoms with van der Waals surface area (Å²) in [6.45, 7) is 4.14. The lowest BCUT2D eigenvalue weighted by molar-refractivity contribution is 0.0690. The monoisotopic (exact) mass is 585 g/mol. The molecule has 39 heavy (non-hydrogen) atoms. The molecule has 6 N–H and O–H groups in total. The van der Waals surface area contributed by atoms with Gasteiger partial charge < -0.3 is 20.6 Å². The van der Waals surface area contributed by atoms with Crippen LogP contribution in [0.4, 0.5) is 14.6 Å². The van der Waals surface area contributed by atoms with Gasteiger partial charge in [-0.3, -0.25) is 14.4 Å². The summed E-state index contributed by atoms with van der Waals surface area (Å²) in [4.78, 5) is 26.2. The molecule has 0 aliphatic rings. The van der Waals surface area contributed by atoms with E-state index in [1.54, 1.807) is 12.1 Å². The first-order valence-electron chi connectivity index (χ1n) is 10.6. The van der Waals surface area contributed by atoms with Crippen molar-refractivity contribution in [1.82, 2.24) is 15.2 Å². The van der Waals surface area contributed by atoms with Crippen molar-refractivity contribution in [2.75, 3.05) is 5.32 Å². The van der Waals surface area contributed by atoms with Gasteiger partial charge in [0.05, 0.1) is 27.7 Å². The van der Waals surface area contributed by atoms with E-state index in [4.69, 9.17) is 31.4 Å². The summed E-state index contributed by atoms with van der Waals surface area (Å²) < 4.78 is 60.4. The number of aromatic carboxylic acids is 1. The van der Waals surface area contributed by atoms with Crippen LogP contribution in [-0.2, 0) is 16.7 Å². The van der Waals surface area contributed by atoms with Crippen molar-refractivity contribution in [3.63, 3.8) is 0 Å². The second-order valence-corrected chi connectivity index (χ2v) is 9.35. The van der Waals surface area contributed by atoms with Gasteiger partial charge in [-0.1, -0.05) is 29.3 Å². The number of nitrogens with one attached hydrogen (secondary N) is 2. The van der Waals surface area contributed by atoms with Crippen LogP contribution in [0.5, 0.6) is 0 Å². The molecule has 0 saturated carbocycles. The molecule has 0 spiro atoms. The van der Waals surface area contributed by atoms with Gasteiger partial charge >= 0.3 is 5.97 Å². The third kappa shape index (κ3) is 9.26. The first kappa shape index (κ1) is 31.0. The number of hydrogen-bond acceptors (Lipinski definition) is 8. The molecule has 2 heterocycles. The van der Waals surface area contributed by atoms with E-state index in [0.29, 0.717) is 18.7 Å². The Morgan fingerprint density at radius 2 is 1.74 bits per heavy atom. The van der Waals surface area contributed by atoms with Crippen LogP contribution in [0, 0.1) is 25.5 Å². The number of benzene rings is 2. The van der Waals surface area contributed by atoms with Crippen LogP contribution < -0.4 is 11.1 Å². The van der Waals surface area contributed by atoms with Gasteiger partial charge in [0.25, 0.3) is 16.0 Å². The van der Waals surface area contributed by atoms with Gasteiger partial charge in [-0.25, -0.2) is 18.6 Å². The van der Waals surface area contributed by atoms with Crippen molar-refractivity contribution >= 4 is 39.4 Å². The molecule has 12 nitrogen and oxygen atoms in total. The molecule has 2 aromatic carbocycles. The highest BCUT2D eigenvalue weighted by Crippen LogP contribution is 2.21. The molecule has 0 fully saturated rings. The lowest BCUT2D eigenvalue weighted by Crippen LogP contribution is -2.13. The van der Waals surface area contributed by atoms with Crippen molar-refractivity contribution in [3.05, 3.63) is 93.8 Å². The van der Waals surface area contributed by atoms with Crippen LogP contribution in [0.1, 0.15) is 37.9 Å². The van der Waals surface area contributed by atoms with E-state index in [2.05, 4.69) is 20.5 Å². The summed E-state index contributed by atoms with van der Waals surface area (Å²) in [5, 5.41) is 16.3. The number of nitrogens with zero attached hydrogens (tertiary/aromatic N) is 2. The number of aromatic amines is 1. The maximum atomic E-state index is 13.1. The van der Waals surface area contributed by atoms with Gasteiger partial charge in [-0.2, -0.15) is 13.5 Å². The predicted octanol–water partition coefficient (Wildman–Crippen LogP) is 3.98. The molecule has 0 atom stereocenters. The maximum Gasteiger partial charge on any atom is 0.353 e. The number of H-pyrrole nitrogens is 1. The second-order valence-electron chi connectivity index (χ2n) is 7.53. The molecular weight excluding hydrogens is 564 g/mol. The topological polar surface area (TPSA) is 201 Å². The molecule has 0 bridgehead atoms. The minimum atomic E-state index is -4.02. The Kier molecular flexibility index (Phi) is 10.8. The SMILES string of the molecule is Cc1ccc(S(=O)(=O)O)cc1.Cc1ncoc1CN.O=C(O)c1cc(NC(=O)c2cc(F)c(F)cc2Cl)n[nH]1. The number of oxazole rings is 1. The zero-order valence-electron chi connectivity index (χ0n) is 20.3. The highest BCUT2D eigenvalue weighted by atomic mass is 35.5. The molecule has 0 unspecified atom stereocenters. The normalized spacial score (nSPS) is 10.5. The number of nitrogens with two attached hydrogens (primary N) is 1. The largest absolute Gasteiger partial charge is 0.477 e. The number of aromatic nitrogens is 3. The number of carbonyl (C=O) groups excluding carboxylic acids is 1. The lowest BCUT2D eigenvalue weighted by atomic mass is 10.2. The molecule has 0 saturated heterocycles. The van der Waals surface area contributed by atoms with E-state index in [0.717, 1.165) is 23.1 Å². The van der Waals surface area contributed by atoms with E-state index < -0.39 is 33.6 Å². The van der Waals surface area contributed by atoms with Crippen molar-refractivity contribution in [3.8, 4) is 0 Å². The Hall–Kier alpha value is -4.18. The standard InChI is InChI=1S/C11H6ClF2N3O3.C7H8O3S.C5H8N2O/c12-5-2-7(14)6(13)1-4(5)10(18)15-9-3-8(11(19)20)16-17-9;1-6-2-4-7(5-3-6)11(8,9)10;1-4-5(2-6)8-3-7-4/h1-3H,(H,19,20)(H2,15,16,17,18);2-5H,1H3,(H,8,9,10);3H,2,6H2,1H3. The number of amides is 1. The van der Waals surface area contributed by atoms with E-state index in [1.807, 2.05) is 13.8 Å². The number of halogens is 3. The minimum absolute atomic E-state index is 0.0666. The second kappa shape index (κ2) is 13.6. The van der Waals surface area contributed by atoms with E-state index >= 15 is 0 Å². The van der Waals surface area contributed by atoms with Crippen LogP contribution in [0.15, 0.2) is 58.2 Å². The van der Waals surface area contributed by atoms with Gasteiger partial charge in [0, 0.05) is 6.07 Å². The van der Waals surface area contributed by atoms with Crippen LogP contribution in [0.2, 0.25) is 5.02 Å². The summed E-state index contributed by atoms with van der Waals surface area (Å²) in [5.41, 5.74) is 6.56. The summed E-state index contributed by atoms with van der Waals surface area (Å²) in [6, 6.07) is 8.35. The summed E-state index contributed by atoms with van der Waals surface area (Å²) in [5.74, 6) is -3.84. The molecule has 0 aliphatic carbocycles. The zero-order valence-corrected chi connectivity index (χ0v) is 21.8. The van der Waals surface area contributed by atoms with Crippen LogP contribution in [0.3, 0.4) is 0 Å². The van der Waals surface area contributed by atoms with Crippen molar-refractivity contribution in [2.45, 2.75) is 25.3 Å². The number of carboxylic acids is 1. The van der Waals surface area contributed by atoms with Gasteiger partial charge in [-0.05, 0) is 38.1 Å². The zero-order chi connectivity index (χ0) is 29.3. The first-order valence-corrected chi connectivity index (χ1v) is 12.4. The highest BCUT2D eigenvalue weighted by molar-refractivity contribution is 7.85. The molecule has 0 radical (unpaired) electrons. The Bertz CT molecular complexity index is 1560. The lowest BCUT2D eigenvalue weighted by Gasteiger charge is -2.04. The van der Waals surface area contributed by atoms with Gasteiger partial charge in [0.15, 0.2) is 23.8 Å². The molecule has 208 valence electrons. The van der Waals surface area contributed by atoms with Crippen molar-refractivity contribution < 1.29 is 40.9 Å². The fourth-order valence-electron chi connectivity index (χ4n) is 2.61. The summed E-state index contributed by atoms with van der Waals surface area (Å²) in [6.07, 6.45) is 1.40. The Balaban J connectivity index is 0.000000234. The Labute approximate surface area is 225 Å². The van der Waals surface area contributed by atoms with Crippen LogP contribution in [-0.4, -0.2) is 45.1 Å². The van der Waals surface area contributed by atoms with Crippen LogP contribution >= 0.6 is 11.6 Å². The Morgan fingerprint density at radius 1 is 1.13 bits per heavy atom. The molecular formula is C23H22ClF2N5O7S. The molecule has 1 amide bonds. The van der Waals surface area contributed by atoms with Crippen molar-refractivity contribution in [1.29, 1.82) is 0 Å². The third-order valence-electron chi connectivity index (χ3n) is 4.65. The number of carboxylic acid groups (broad SMARTS) is 1. The fourth-order valence-corrected chi connectivity index (χ4v) is 3.32. The molecule has 2 aromatic heterocycles. The quantitative estimate of drug-likeness (QED) is 0.168. The maximum absolute atomic E-state index is 13.1. The van der Waals surface area contributed by atoms with Gasteiger partial charge in [0.1, 0.15) is 11.5 Å². The smallest absolute Gasteiger partial charge is 0.353 e. The average Bonchev–Trinajstić information content (AvgIpc) is 3.50. The number of anilines is 1. The highest BCUT2D eigenvalue weighted by Gasteiger charge is 2.17. The average molecular weight is 586 g/mol. The number of hydrogen-bond donors (Lipinski definition) is 5. The summed E-state index contributed by atoms with van der Waals surface area (Å²) >= 11 is 5.63. The Morgan fingerprint density at radius 3 is 2.21 bits per heavy atom. The van der Waals surface area contributed by atoms with Gasteiger partial charge in [0.2, 0.25) is 0 Å². The predicted molar refractivity (Wildman–Crippen MR) is 135 cm³/mol. The van der Waals surface area contributed by atoms with Crippen LogP contribution in [0.25, 0.3) is 0 Å². The fraction of sp³-hybridized carbons (Fsp3) is 0.130. The third-order valence-corrected chi connectivity index (χ3v) is 5.83. The van der Waals surface area contributed by atoms with E-state index in [1.165, 1.54) is 18.5 Å². The molecule has 4 aromatic rings. The molecule has 0 aliphatic heterocycles. The number of carbonyl (C=O) groups is 2. The van der Waals surface area contributed by atoms with E-state index in [-0.39, 0.29) is 27.0 Å². The number of rotatable bonds is 5. The van der Waals surface area contributed by atoms with Crippen molar-refractivity contribution in [2.24, 2.45) is 5.73 Å². The summed E-state index contributed by atoms with van der Waals surface area (Å²) in [7, 11) is -4.02.